The molecule has 1 aromatic carbocycles. The number of para-hydroxylation sites is 1. The molecule has 0 aromatic heterocycles. The number of amides is 1. The van der Waals surface area contributed by atoms with Crippen molar-refractivity contribution in [3.05, 3.63) is 29.8 Å². The minimum absolute atomic E-state index is 0.226. The fourth-order valence-corrected chi connectivity index (χ4v) is 2.19. The molecule has 0 saturated heterocycles. The Labute approximate surface area is 109 Å². The fraction of sp³-hybridized carbons (Fsp3) is 0.533. The standard InChI is InChI=1S/C15H22N2O/c1-2-3-10-17(13-8-9-13)15(18)11-12-6-4-5-7-14(12)16/h4-7,13H,2-3,8-11,16H2,1H3. The second kappa shape index (κ2) is 5.89. The van der Waals surface area contributed by atoms with Crippen LogP contribution in [-0.2, 0) is 11.2 Å². The molecule has 0 radical (unpaired) electrons. The first kappa shape index (κ1) is 12.9. The number of carbonyl (C=O) groups is 1. The Bertz CT molecular complexity index is 413. The van der Waals surface area contributed by atoms with Gasteiger partial charge >= 0.3 is 0 Å². The number of carbonyl (C=O) groups excluding carboxylic acids is 1. The molecule has 0 heterocycles. The molecule has 0 bridgehead atoms. The van der Waals surface area contributed by atoms with Crippen molar-refractivity contribution in [3.63, 3.8) is 0 Å². The third-order valence-corrected chi connectivity index (χ3v) is 3.46. The predicted molar refractivity (Wildman–Crippen MR) is 74.2 cm³/mol. The van der Waals surface area contributed by atoms with E-state index in [0.29, 0.717) is 12.5 Å². The summed E-state index contributed by atoms with van der Waals surface area (Å²) in [5.41, 5.74) is 7.56. The second-order valence-corrected chi connectivity index (χ2v) is 5.05. The highest BCUT2D eigenvalue weighted by Crippen LogP contribution is 2.28. The minimum atomic E-state index is 0.226. The maximum atomic E-state index is 12.3. The van der Waals surface area contributed by atoms with Crippen molar-refractivity contribution >= 4 is 11.6 Å². The summed E-state index contributed by atoms with van der Waals surface area (Å²) >= 11 is 0. The predicted octanol–water partition coefficient (Wildman–Crippen LogP) is 2.60. The third-order valence-electron chi connectivity index (χ3n) is 3.46. The molecule has 1 aliphatic carbocycles. The van der Waals surface area contributed by atoms with Gasteiger partial charge < -0.3 is 10.6 Å². The van der Waals surface area contributed by atoms with Crippen molar-refractivity contribution in [3.8, 4) is 0 Å². The molecule has 18 heavy (non-hydrogen) atoms. The first-order valence-electron chi connectivity index (χ1n) is 6.85. The summed E-state index contributed by atoms with van der Waals surface area (Å²) in [4.78, 5) is 14.4. The van der Waals surface area contributed by atoms with Crippen LogP contribution in [0.3, 0.4) is 0 Å². The molecule has 1 saturated carbocycles. The first-order valence-corrected chi connectivity index (χ1v) is 6.85. The van der Waals surface area contributed by atoms with Crippen molar-refractivity contribution < 1.29 is 4.79 Å². The van der Waals surface area contributed by atoms with Crippen LogP contribution < -0.4 is 5.73 Å². The highest BCUT2D eigenvalue weighted by molar-refractivity contribution is 5.81. The fourth-order valence-electron chi connectivity index (χ4n) is 2.19. The van der Waals surface area contributed by atoms with Gasteiger partial charge in [0.05, 0.1) is 6.42 Å². The number of rotatable bonds is 6. The van der Waals surface area contributed by atoms with E-state index in [9.17, 15) is 4.79 Å². The van der Waals surface area contributed by atoms with E-state index in [0.717, 1.165) is 30.6 Å². The lowest BCUT2D eigenvalue weighted by Crippen LogP contribution is -2.35. The van der Waals surface area contributed by atoms with E-state index in [2.05, 4.69) is 11.8 Å². The Morgan fingerprint density at radius 2 is 2.11 bits per heavy atom. The van der Waals surface area contributed by atoms with Gasteiger partial charge in [0.1, 0.15) is 0 Å². The van der Waals surface area contributed by atoms with Gasteiger partial charge in [-0.15, -0.1) is 0 Å². The van der Waals surface area contributed by atoms with Gasteiger partial charge in [-0.3, -0.25) is 4.79 Å². The molecule has 1 aromatic rings. The van der Waals surface area contributed by atoms with Crippen LogP contribution in [0.15, 0.2) is 24.3 Å². The van der Waals surface area contributed by atoms with Crippen LogP contribution in [0.1, 0.15) is 38.2 Å². The van der Waals surface area contributed by atoms with Crippen LogP contribution in [0.5, 0.6) is 0 Å². The van der Waals surface area contributed by atoms with Crippen LogP contribution in [0.2, 0.25) is 0 Å². The summed E-state index contributed by atoms with van der Waals surface area (Å²) in [7, 11) is 0. The lowest BCUT2D eigenvalue weighted by molar-refractivity contribution is -0.131. The molecule has 0 unspecified atom stereocenters. The van der Waals surface area contributed by atoms with Crippen molar-refractivity contribution in [1.29, 1.82) is 0 Å². The molecule has 3 heteroatoms. The highest BCUT2D eigenvalue weighted by atomic mass is 16.2. The number of nitrogen functional groups attached to an aromatic ring is 1. The molecule has 2 rings (SSSR count). The monoisotopic (exact) mass is 246 g/mol. The summed E-state index contributed by atoms with van der Waals surface area (Å²) in [6.07, 6.45) is 4.99. The van der Waals surface area contributed by atoms with E-state index in [1.54, 1.807) is 0 Å². The molecule has 98 valence electrons. The Morgan fingerprint density at radius 3 is 2.72 bits per heavy atom. The second-order valence-electron chi connectivity index (χ2n) is 5.05. The van der Waals surface area contributed by atoms with Crippen LogP contribution in [0.4, 0.5) is 5.69 Å². The average molecular weight is 246 g/mol. The summed E-state index contributed by atoms with van der Waals surface area (Å²) in [5, 5.41) is 0. The summed E-state index contributed by atoms with van der Waals surface area (Å²) < 4.78 is 0. The van der Waals surface area contributed by atoms with E-state index in [1.807, 2.05) is 24.3 Å². The maximum Gasteiger partial charge on any atom is 0.227 e. The van der Waals surface area contributed by atoms with Gasteiger partial charge in [0, 0.05) is 18.3 Å². The number of anilines is 1. The van der Waals surface area contributed by atoms with Gasteiger partial charge in [0.25, 0.3) is 0 Å². The molecule has 2 N–H and O–H groups in total. The Balaban J connectivity index is 1.98. The van der Waals surface area contributed by atoms with Gasteiger partial charge in [0.2, 0.25) is 5.91 Å². The summed E-state index contributed by atoms with van der Waals surface area (Å²) in [6.45, 7) is 3.05. The molecular weight excluding hydrogens is 224 g/mol. The zero-order chi connectivity index (χ0) is 13.0. The van der Waals surface area contributed by atoms with Crippen LogP contribution in [-0.4, -0.2) is 23.4 Å². The lowest BCUT2D eigenvalue weighted by Gasteiger charge is -2.22. The first-order chi connectivity index (χ1) is 8.72. The minimum Gasteiger partial charge on any atom is -0.398 e. The normalized spacial score (nSPS) is 14.5. The van der Waals surface area contributed by atoms with E-state index in [1.165, 1.54) is 12.8 Å². The number of nitrogens with two attached hydrogens (primary N) is 1. The largest absolute Gasteiger partial charge is 0.398 e. The van der Waals surface area contributed by atoms with E-state index >= 15 is 0 Å². The molecule has 1 aliphatic rings. The molecule has 1 fully saturated rings. The SMILES string of the molecule is CCCCN(C(=O)Cc1ccccc1N)C1CC1. The van der Waals surface area contributed by atoms with Crippen molar-refractivity contribution in [2.75, 3.05) is 12.3 Å². The molecule has 3 nitrogen and oxygen atoms in total. The smallest absolute Gasteiger partial charge is 0.227 e. The van der Waals surface area contributed by atoms with E-state index < -0.39 is 0 Å². The van der Waals surface area contributed by atoms with Gasteiger partial charge in [-0.25, -0.2) is 0 Å². The Kier molecular flexibility index (Phi) is 4.24. The lowest BCUT2D eigenvalue weighted by atomic mass is 10.1. The van der Waals surface area contributed by atoms with Gasteiger partial charge in [-0.05, 0) is 30.9 Å². The number of nitrogens with zero attached hydrogens (tertiary/aromatic N) is 1. The van der Waals surface area contributed by atoms with E-state index in [-0.39, 0.29) is 5.91 Å². The number of hydrogen-bond donors (Lipinski definition) is 1. The van der Waals surface area contributed by atoms with Crippen molar-refractivity contribution in [1.82, 2.24) is 4.90 Å². The number of unbranched alkanes of at least 4 members (excludes halogenated alkanes) is 1. The van der Waals surface area contributed by atoms with Crippen LogP contribution in [0, 0.1) is 0 Å². The summed E-state index contributed by atoms with van der Waals surface area (Å²) in [6, 6.07) is 8.13. The number of hydrogen-bond acceptors (Lipinski definition) is 2. The Morgan fingerprint density at radius 1 is 1.39 bits per heavy atom. The topological polar surface area (TPSA) is 46.3 Å². The highest BCUT2D eigenvalue weighted by Gasteiger charge is 2.31. The Hall–Kier alpha value is -1.51. The molecular formula is C15H22N2O. The summed E-state index contributed by atoms with van der Waals surface area (Å²) in [5.74, 6) is 0.226. The molecule has 0 aliphatic heterocycles. The average Bonchev–Trinajstić information content (AvgIpc) is 3.17. The van der Waals surface area contributed by atoms with Crippen LogP contribution in [0.25, 0.3) is 0 Å². The zero-order valence-corrected chi connectivity index (χ0v) is 11.1. The quantitative estimate of drug-likeness (QED) is 0.784. The molecule has 0 atom stereocenters. The maximum absolute atomic E-state index is 12.3. The van der Waals surface area contributed by atoms with Gasteiger partial charge in [0.15, 0.2) is 0 Å². The molecule has 1 amide bonds. The van der Waals surface area contributed by atoms with Gasteiger partial charge in [-0.2, -0.15) is 0 Å². The van der Waals surface area contributed by atoms with Crippen molar-refractivity contribution in [2.45, 2.75) is 45.1 Å². The molecule has 0 spiro atoms. The van der Waals surface area contributed by atoms with Crippen molar-refractivity contribution in [2.24, 2.45) is 0 Å². The van der Waals surface area contributed by atoms with Gasteiger partial charge in [-0.1, -0.05) is 31.5 Å². The van der Waals surface area contributed by atoms with E-state index in [4.69, 9.17) is 5.73 Å². The third kappa shape index (κ3) is 3.25. The zero-order valence-electron chi connectivity index (χ0n) is 11.1. The van der Waals surface area contributed by atoms with Crippen LogP contribution >= 0.6 is 0 Å². The number of benzene rings is 1.